The zero-order valence-corrected chi connectivity index (χ0v) is 14.0. The molecule has 21 heavy (non-hydrogen) atoms. The first-order valence-corrected chi connectivity index (χ1v) is 8.77. The van der Waals surface area contributed by atoms with Crippen LogP contribution in [0.15, 0.2) is 57.9 Å². The summed E-state index contributed by atoms with van der Waals surface area (Å²) in [6.07, 6.45) is 0. The van der Waals surface area contributed by atoms with Gasteiger partial charge in [0.2, 0.25) is 10.0 Å². The molecule has 0 radical (unpaired) electrons. The smallest absolute Gasteiger partial charge is 0.241 e. The standard InChI is InChI=1S/C15H17BrN2O2S/c1-17-10-13-7-8-15(14(16)9-13)21(19,20)18-11-12-5-3-2-4-6-12/h2-9,17-18H,10-11H2,1H3. The Labute approximate surface area is 133 Å². The Morgan fingerprint density at radius 1 is 1.00 bits per heavy atom. The van der Waals surface area contributed by atoms with Crippen molar-refractivity contribution >= 4 is 26.0 Å². The Morgan fingerprint density at radius 2 is 1.71 bits per heavy atom. The molecule has 2 aromatic carbocycles. The number of halogens is 1. The Balaban J connectivity index is 2.16. The fraction of sp³-hybridized carbons (Fsp3) is 0.200. The molecule has 0 heterocycles. The number of nitrogens with one attached hydrogen (secondary N) is 2. The van der Waals surface area contributed by atoms with E-state index in [9.17, 15) is 8.42 Å². The molecule has 2 rings (SSSR count). The third kappa shape index (κ3) is 4.38. The van der Waals surface area contributed by atoms with Gasteiger partial charge in [0.05, 0.1) is 4.90 Å². The van der Waals surface area contributed by atoms with Crippen LogP contribution in [0.5, 0.6) is 0 Å². The molecule has 0 unspecified atom stereocenters. The minimum atomic E-state index is -3.54. The third-order valence-corrected chi connectivity index (χ3v) is 5.35. The highest BCUT2D eigenvalue weighted by Crippen LogP contribution is 2.23. The molecule has 0 saturated carbocycles. The van der Waals surface area contributed by atoms with Crippen LogP contribution in [-0.2, 0) is 23.1 Å². The summed E-state index contributed by atoms with van der Waals surface area (Å²) >= 11 is 3.33. The van der Waals surface area contributed by atoms with Crippen LogP contribution in [0.3, 0.4) is 0 Å². The Morgan fingerprint density at radius 3 is 2.33 bits per heavy atom. The van der Waals surface area contributed by atoms with Crippen LogP contribution in [0.4, 0.5) is 0 Å². The molecular formula is C15H17BrN2O2S. The van der Waals surface area contributed by atoms with E-state index in [1.807, 2.05) is 43.4 Å². The normalized spacial score (nSPS) is 11.5. The van der Waals surface area contributed by atoms with E-state index in [1.54, 1.807) is 12.1 Å². The lowest BCUT2D eigenvalue weighted by Crippen LogP contribution is -2.23. The molecule has 6 heteroatoms. The quantitative estimate of drug-likeness (QED) is 0.823. The minimum absolute atomic E-state index is 0.248. The fourth-order valence-corrected chi connectivity index (χ4v) is 4.07. The van der Waals surface area contributed by atoms with E-state index >= 15 is 0 Å². The van der Waals surface area contributed by atoms with E-state index in [0.29, 0.717) is 11.0 Å². The largest absolute Gasteiger partial charge is 0.316 e. The number of sulfonamides is 1. The van der Waals surface area contributed by atoms with Crippen molar-refractivity contribution in [2.75, 3.05) is 7.05 Å². The van der Waals surface area contributed by atoms with Crippen LogP contribution in [0.2, 0.25) is 0 Å². The highest BCUT2D eigenvalue weighted by molar-refractivity contribution is 9.10. The van der Waals surface area contributed by atoms with Crippen molar-refractivity contribution in [3.63, 3.8) is 0 Å². The summed E-state index contributed by atoms with van der Waals surface area (Å²) in [4.78, 5) is 0.248. The summed E-state index contributed by atoms with van der Waals surface area (Å²) in [5, 5.41) is 3.03. The fourth-order valence-electron chi connectivity index (χ4n) is 1.93. The summed E-state index contributed by atoms with van der Waals surface area (Å²) in [6, 6.07) is 14.7. The van der Waals surface area contributed by atoms with Gasteiger partial charge in [0.25, 0.3) is 0 Å². The maximum atomic E-state index is 12.3. The van der Waals surface area contributed by atoms with Gasteiger partial charge in [-0.05, 0) is 46.2 Å². The van der Waals surface area contributed by atoms with E-state index in [2.05, 4.69) is 26.0 Å². The molecule has 0 spiro atoms. The zero-order chi connectivity index (χ0) is 15.3. The van der Waals surface area contributed by atoms with E-state index in [-0.39, 0.29) is 11.4 Å². The lowest BCUT2D eigenvalue weighted by atomic mass is 10.2. The number of hydrogen-bond acceptors (Lipinski definition) is 3. The predicted octanol–water partition coefficient (Wildman–Crippen LogP) is 2.65. The molecule has 0 atom stereocenters. The molecule has 4 nitrogen and oxygen atoms in total. The van der Waals surface area contributed by atoms with Gasteiger partial charge in [0, 0.05) is 17.6 Å². The lowest BCUT2D eigenvalue weighted by Gasteiger charge is -2.10. The van der Waals surface area contributed by atoms with Crippen LogP contribution < -0.4 is 10.0 Å². The van der Waals surface area contributed by atoms with Gasteiger partial charge in [-0.1, -0.05) is 36.4 Å². The summed E-state index contributed by atoms with van der Waals surface area (Å²) in [5.74, 6) is 0. The highest BCUT2D eigenvalue weighted by atomic mass is 79.9. The van der Waals surface area contributed by atoms with Crippen molar-refractivity contribution in [1.29, 1.82) is 0 Å². The van der Waals surface area contributed by atoms with Gasteiger partial charge >= 0.3 is 0 Å². The van der Waals surface area contributed by atoms with Crippen molar-refractivity contribution in [3.8, 4) is 0 Å². The monoisotopic (exact) mass is 368 g/mol. The van der Waals surface area contributed by atoms with E-state index in [1.165, 1.54) is 0 Å². The molecule has 2 N–H and O–H groups in total. The summed E-state index contributed by atoms with van der Waals surface area (Å²) < 4.78 is 27.9. The maximum absolute atomic E-state index is 12.3. The van der Waals surface area contributed by atoms with Gasteiger partial charge < -0.3 is 5.32 Å². The molecule has 0 amide bonds. The molecule has 0 aliphatic heterocycles. The zero-order valence-electron chi connectivity index (χ0n) is 11.6. The first kappa shape index (κ1) is 16.2. The summed E-state index contributed by atoms with van der Waals surface area (Å²) in [6.45, 7) is 0.963. The van der Waals surface area contributed by atoms with Crippen molar-refractivity contribution < 1.29 is 8.42 Å². The van der Waals surface area contributed by atoms with E-state index in [0.717, 1.165) is 11.1 Å². The van der Waals surface area contributed by atoms with E-state index < -0.39 is 10.0 Å². The van der Waals surface area contributed by atoms with Gasteiger partial charge in [-0.3, -0.25) is 0 Å². The van der Waals surface area contributed by atoms with Crippen LogP contribution >= 0.6 is 15.9 Å². The molecular weight excluding hydrogens is 352 g/mol. The van der Waals surface area contributed by atoms with Gasteiger partial charge in [-0.2, -0.15) is 0 Å². The van der Waals surface area contributed by atoms with Gasteiger partial charge in [-0.25, -0.2) is 13.1 Å². The second kappa shape index (κ2) is 7.17. The average Bonchev–Trinajstić information content (AvgIpc) is 2.46. The highest BCUT2D eigenvalue weighted by Gasteiger charge is 2.17. The minimum Gasteiger partial charge on any atom is -0.316 e. The van der Waals surface area contributed by atoms with Crippen LogP contribution in [0.25, 0.3) is 0 Å². The Bertz CT molecular complexity index is 703. The molecule has 0 fully saturated rings. The second-order valence-corrected chi connectivity index (χ2v) is 7.19. The predicted molar refractivity (Wildman–Crippen MR) is 87.4 cm³/mol. The number of rotatable bonds is 6. The molecule has 0 bridgehead atoms. The molecule has 0 aromatic heterocycles. The number of benzene rings is 2. The van der Waals surface area contributed by atoms with Gasteiger partial charge in [0.15, 0.2) is 0 Å². The van der Waals surface area contributed by atoms with Gasteiger partial charge in [0.1, 0.15) is 0 Å². The van der Waals surface area contributed by atoms with Crippen molar-refractivity contribution in [3.05, 3.63) is 64.1 Å². The van der Waals surface area contributed by atoms with Crippen molar-refractivity contribution in [2.45, 2.75) is 18.0 Å². The molecule has 0 aliphatic carbocycles. The van der Waals surface area contributed by atoms with Crippen molar-refractivity contribution in [1.82, 2.24) is 10.0 Å². The topological polar surface area (TPSA) is 58.2 Å². The van der Waals surface area contributed by atoms with E-state index in [4.69, 9.17) is 0 Å². The molecule has 0 aliphatic rings. The Kier molecular flexibility index (Phi) is 5.52. The summed E-state index contributed by atoms with van der Waals surface area (Å²) in [7, 11) is -1.69. The number of hydrogen-bond donors (Lipinski definition) is 2. The molecule has 112 valence electrons. The SMILES string of the molecule is CNCc1ccc(S(=O)(=O)NCc2ccccc2)c(Br)c1. The first-order valence-electron chi connectivity index (χ1n) is 6.49. The second-order valence-electron chi connectivity index (χ2n) is 4.61. The lowest BCUT2D eigenvalue weighted by molar-refractivity contribution is 0.580. The Hall–Kier alpha value is -1.21. The molecule has 2 aromatic rings. The van der Waals surface area contributed by atoms with Crippen LogP contribution in [0.1, 0.15) is 11.1 Å². The van der Waals surface area contributed by atoms with Gasteiger partial charge in [-0.15, -0.1) is 0 Å². The van der Waals surface area contributed by atoms with Crippen LogP contribution in [0, 0.1) is 0 Å². The maximum Gasteiger partial charge on any atom is 0.241 e. The third-order valence-electron chi connectivity index (χ3n) is 2.98. The van der Waals surface area contributed by atoms with Crippen LogP contribution in [-0.4, -0.2) is 15.5 Å². The first-order chi connectivity index (χ1) is 10.0. The molecule has 0 saturated heterocycles. The summed E-state index contributed by atoms with van der Waals surface area (Å²) in [5.41, 5.74) is 1.94. The average molecular weight is 369 g/mol. The van der Waals surface area contributed by atoms with Crippen molar-refractivity contribution in [2.24, 2.45) is 0 Å².